The maximum atomic E-state index is 13.9. The second-order valence-electron chi connectivity index (χ2n) is 5.35. The number of anilines is 1. The van der Waals surface area contributed by atoms with E-state index in [1.165, 1.54) is 12.1 Å². The maximum Gasteiger partial charge on any atom is 0.229 e. The molecule has 2 aromatic rings. The van der Waals surface area contributed by atoms with E-state index < -0.39 is 15.8 Å². The Morgan fingerprint density at radius 2 is 1.64 bits per heavy atom. The van der Waals surface area contributed by atoms with Gasteiger partial charge in [0.05, 0.1) is 11.9 Å². The number of halogens is 2. The van der Waals surface area contributed by atoms with Gasteiger partial charge in [0.25, 0.3) is 0 Å². The number of rotatable bonds is 6. The molecule has 0 fully saturated rings. The fourth-order valence-corrected chi connectivity index (χ4v) is 2.82. The van der Waals surface area contributed by atoms with Crippen LogP contribution in [0.2, 0.25) is 5.02 Å². The van der Waals surface area contributed by atoms with Crippen LogP contribution in [0.25, 0.3) is 0 Å². The first-order valence-electron chi connectivity index (χ1n) is 7.25. The third kappa shape index (κ3) is 6.85. The summed E-state index contributed by atoms with van der Waals surface area (Å²) < 4.78 is 38.3. The lowest BCUT2D eigenvalue weighted by atomic mass is 10.2. The van der Waals surface area contributed by atoms with Crippen molar-refractivity contribution in [3.8, 4) is 0 Å². The lowest BCUT2D eigenvalue weighted by Gasteiger charge is -2.12. The van der Waals surface area contributed by atoms with Gasteiger partial charge in [0.15, 0.2) is 5.11 Å². The molecule has 2 aromatic carbocycles. The fraction of sp³-hybridized carbons (Fsp3) is 0.188. The second-order valence-corrected chi connectivity index (χ2v) is 7.94. The van der Waals surface area contributed by atoms with Gasteiger partial charge in [-0.1, -0.05) is 29.8 Å². The summed E-state index contributed by atoms with van der Waals surface area (Å²) in [5, 5.41) is 7.09. The summed E-state index contributed by atoms with van der Waals surface area (Å²) in [5.74, 6) is -0.648. The average molecular weight is 402 g/mol. The molecule has 0 aliphatic rings. The van der Waals surface area contributed by atoms with Gasteiger partial charge in [0.1, 0.15) is 5.82 Å². The van der Waals surface area contributed by atoms with E-state index in [1.807, 2.05) is 12.1 Å². The minimum atomic E-state index is -3.52. The predicted octanol–water partition coefficient (Wildman–Crippen LogP) is 3.01. The van der Waals surface area contributed by atoms with E-state index >= 15 is 0 Å². The Hall–Kier alpha value is -1.90. The van der Waals surface area contributed by atoms with E-state index in [9.17, 15) is 12.8 Å². The first-order valence-corrected chi connectivity index (χ1v) is 9.93. The highest BCUT2D eigenvalue weighted by Crippen LogP contribution is 2.16. The van der Waals surface area contributed by atoms with Gasteiger partial charge in [0, 0.05) is 18.1 Å². The van der Waals surface area contributed by atoms with Crippen molar-refractivity contribution < 1.29 is 12.8 Å². The third-order valence-electron chi connectivity index (χ3n) is 3.15. The van der Waals surface area contributed by atoms with Crippen molar-refractivity contribution in [3.05, 3.63) is 64.4 Å². The Kier molecular flexibility index (Phi) is 6.57. The molecule has 5 nitrogen and oxygen atoms in total. The molecule has 0 aliphatic carbocycles. The summed E-state index contributed by atoms with van der Waals surface area (Å²) in [4.78, 5) is 0. The molecular formula is C16H17ClFN3O2S2. The summed E-state index contributed by atoms with van der Waals surface area (Å²) in [5.41, 5.74) is 1.57. The zero-order chi connectivity index (χ0) is 18.4. The molecule has 0 radical (unpaired) electrons. The van der Waals surface area contributed by atoms with E-state index in [2.05, 4.69) is 15.4 Å². The normalized spacial score (nSPS) is 11.0. The van der Waals surface area contributed by atoms with Crippen LogP contribution in [0.4, 0.5) is 10.1 Å². The van der Waals surface area contributed by atoms with Crippen LogP contribution in [0, 0.1) is 5.82 Å². The van der Waals surface area contributed by atoms with Gasteiger partial charge in [-0.3, -0.25) is 4.72 Å². The number of benzene rings is 2. The number of nitrogens with one attached hydrogen (secondary N) is 3. The van der Waals surface area contributed by atoms with Crippen LogP contribution in [-0.2, 0) is 23.1 Å². The molecule has 0 bridgehead atoms. The lowest BCUT2D eigenvalue weighted by Crippen LogP contribution is -2.34. The molecule has 0 spiro atoms. The van der Waals surface area contributed by atoms with E-state index in [0.29, 0.717) is 28.8 Å². The quantitative estimate of drug-likeness (QED) is 0.649. The molecule has 0 atom stereocenters. The number of thiocarbonyl (C=S) groups is 1. The molecule has 0 unspecified atom stereocenters. The van der Waals surface area contributed by atoms with Crippen LogP contribution < -0.4 is 15.4 Å². The molecule has 0 saturated carbocycles. The Labute approximate surface area is 156 Å². The molecule has 25 heavy (non-hydrogen) atoms. The second kappa shape index (κ2) is 8.46. The highest BCUT2D eigenvalue weighted by molar-refractivity contribution is 7.92. The zero-order valence-corrected chi connectivity index (χ0v) is 15.7. The molecule has 2 rings (SSSR count). The van der Waals surface area contributed by atoms with Gasteiger partial charge in [-0.25, -0.2) is 12.8 Å². The molecule has 3 N–H and O–H groups in total. The van der Waals surface area contributed by atoms with Crippen molar-refractivity contribution in [3.63, 3.8) is 0 Å². The van der Waals surface area contributed by atoms with Crippen LogP contribution in [0.3, 0.4) is 0 Å². The van der Waals surface area contributed by atoms with Gasteiger partial charge < -0.3 is 10.6 Å². The summed E-state index contributed by atoms with van der Waals surface area (Å²) in [6, 6.07) is 11.6. The van der Waals surface area contributed by atoms with Crippen molar-refractivity contribution in [1.82, 2.24) is 10.6 Å². The Balaban J connectivity index is 1.85. The molecule has 9 heteroatoms. The lowest BCUT2D eigenvalue weighted by molar-refractivity contribution is 0.603. The predicted molar refractivity (Wildman–Crippen MR) is 103 cm³/mol. The summed E-state index contributed by atoms with van der Waals surface area (Å²) in [6.45, 7) is 0.844. The largest absolute Gasteiger partial charge is 0.359 e. The standard InChI is InChI=1S/C16H17ClFN3O2S2/c1-25(22,23)21-15-7-4-12(8-14(15)18)10-20-16(24)19-9-11-2-5-13(17)6-3-11/h2-8,21H,9-10H2,1H3,(H2,19,20,24). The van der Waals surface area contributed by atoms with E-state index in [0.717, 1.165) is 11.8 Å². The minimum Gasteiger partial charge on any atom is -0.359 e. The molecule has 0 heterocycles. The van der Waals surface area contributed by atoms with Gasteiger partial charge in [-0.05, 0) is 47.6 Å². The minimum absolute atomic E-state index is 0.0883. The third-order valence-corrected chi connectivity index (χ3v) is 4.28. The molecule has 134 valence electrons. The maximum absolute atomic E-state index is 13.9. The Morgan fingerprint density at radius 3 is 2.20 bits per heavy atom. The topological polar surface area (TPSA) is 70.2 Å². The van der Waals surface area contributed by atoms with Crippen LogP contribution >= 0.6 is 23.8 Å². The Morgan fingerprint density at radius 1 is 1.08 bits per heavy atom. The van der Waals surface area contributed by atoms with Crippen molar-refractivity contribution in [2.24, 2.45) is 0 Å². The van der Waals surface area contributed by atoms with Gasteiger partial charge in [-0.15, -0.1) is 0 Å². The molecule has 0 amide bonds. The molecule has 0 aliphatic heterocycles. The molecule has 0 aromatic heterocycles. The first kappa shape index (κ1) is 19.4. The van der Waals surface area contributed by atoms with Gasteiger partial charge in [-0.2, -0.15) is 0 Å². The van der Waals surface area contributed by atoms with Crippen LogP contribution in [0.15, 0.2) is 42.5 Å². The van der Waals surface area contributed by atoms with Crippen molar-refractivity contribution >= 4 is 44.6 Å². The smallest absolute Gasteiger partial charge is 0.229 e. The van der Waals surface area contributed by atoms with Crippen molar-refractivity contribution in [2.45, 2.75) is 13.1 Å². The number of sulfonamides is 1. The van der Waals surface area contributed by atoms with Crippen LogP contribution in [-0.4, -0.2) is 19.8 Å². The van der Waals surface area contributed by atoms with E-state index in [1.54, 1.807) is 18.2 Å². The fourth-order valence-electron chi connectivity index (χ4n) is 1.98. The van der Waals surface area contributed by atoms with Crippen LogP contribution in [0.5, 0.6) is 0 Å². The zero-order valence-electron chi connectivity index (χ0n) is 13.3. The van der Waals surface area contributed by atoms with E-state index in [-0.39, 0.29) is 5.69 Å². The van der Waals surface area contributed by atoms with Crippen molar-refractivity contribution in [2.75, 3.05) is 11.0 Å². The first-order chi connectivity index (χ1) is 11.7. The summed E-state index contributed by atoms with van der Waals surface area (Å²) in [6.07, 6.45) is 0.965. The monoisotopic (exact) mass is 401 g/mol. The highest BCUT2D eigenvalue weighted by Gasteiger charge is 2.08. The average Bonchev–Trinajstić information content (AvgIpc) is 2.53. The molecular weight excluding hydrogens is 385 g/mol. The van der Waals surface area contributed by atoms with Gasteiger partial charge in [0.2, 0.25) is 10.0 Å². The SMILES string of the molecule is CS(=O)(=O)Nc1ccc(CNC(=S)NCc2ccc(Cl)cc2)cc1F. The highest BCUT2D eigenvalue weighted by atomic mass is 35.5. The Bertz CT molecular complexity index is 858. The van der Waals surface area contributed by atoms with E-state index in [4.69, 9.17) is 23.8 Å². The van der Waals surface area contributed by atoms with Crippen molar-refractivity contribution in [1.29, 1.82) is 0 Å². The van der Waals surface area contributed by atoms with Crippen LogP contribution in [0.1, 0.15) is 11.1 Å². The number of hydrogen-bond donors (Lipinski definition) is 3. The van der Waals surface area contributed by atoms with Gasteiger partial charge >= 0.3 is 0 Å². The number of hydrogen-bond acceptors (Lipinski definition) is 3. The summed E-state index contributed by atoms with van der Waals surface area (Å²) >= 11 is 11.0. The molecule has 0 saturated heterocycles. The summed E-state index contributed by atoms with van der Waals surface area (Å²) in [7, 11) is -3.52.